The molecule has 2 aliphatic heterocycles. The van der Waals surface area contributed by atoms with E-state index in [9.17, 15) is 4.79 Å². The van der Waals surface area contributed by atoms with E-state index in [-0.39, 0.29) is 5.91 Å². The number of likely N-dealkylation sites (N-methyl/N-ethyl adjacent to an activating group) is 1. The van der Waals surface area contributed by atoms with Gasteiger partial charge in [0.05, 0.1) is 15.6 Å². The normalized spacial score (nSPS) is 19.1. The number of anilines is 1. The standard InChI is InChI=1S/C25H24N2OS3/c1-4-26-20-14-13-19(12-11-18-9-7-6-8-10-18)16-21(20)30-24(26)17(3)15-22-23(28)27(5-2)25(29)31-22/h6-16H,4-5H2,1-3H3. The summed E-state index contributed by atoms with van der Waals surface area (Å²) in [6, 6.07) is 16.9. The number of rotatable bonds is 5. The molecule has 2 aromatic rings. The lowest BCUT2D eigenvalue weighted by Crippen LogP contribution is -2.27. The third kappa shape index (κ3) is 4.52. The Bertz CT molecular complexity index is 1120. The Hall–Kier alpha value is -2.28. The lowest BCUT2D eigenvalue weighted by molar-refractivity contribution is -0.122. The Labute approximate surface area is 197 Å². The van der Waals surface area contributed by atoms with Crippen molar-refractivity contribution < 1.29 is 4.79 Å². The van der Waals surface area contributed by atoms with Crippen molar-refractivity contribution in [2.75, 3.05) is 18.0 Å². The van der Waals surface area contributed by atoms with Crippen LogP contribution in [0.25, 0.3) is 12.2 Å². The van der Waals surface area contributed by atoms with Crippen LogP contribution < -0.4 is 4.90 Å². The van der Waals surface area contributed by atoms with Crippen LogP contribution in [-0.2, 0) is 4.79 Å². The van der Waals surface area contributed by atoms with Crippen molar-refractivity contribution in [3.63, 3.8) is 0 Å². The Morgan fingerprint density at radius 2 is 1.68 bits per heavy atom. The zero-order valence-corrected chi connectivity index (χ0v) is 20.2. The lowest BCUT2D eigenvalue weighted by atomic mass is 10.1. The smallest absolute Gasteiger partial charge is 0.266 e. The van der Waals surface area contributed by atoms with Crippen LogP contribution in [-0.4, -0.2) is 28.2 Å². The monoisotopic (exact) mass is 464 g/mol. The number of benzene rings is 2. The molecule has 2 aliphatic rings. The van der Waals surface area contributed by atoms with Gasteiger partial charge in [0, 0.05) is 18.0 Å². The van der Waals surface area contributed by atoms with Crippen LogP contribution in [0, 0.1) is 0 Å². The molecule has 0 radical (unpaired) electrons. The fourth-order valence-electron chi connectivity index (χ4n) is 3.60. The summed E-state index contributed by atoms with van der Waals surface area (Å²) in [6.45, 7) is 7.66. The van der Waals surface area contributed by atoms with Gasteiger partial charge in [-0.25, -0.2) is 0 Å². The number of amides is 1. The molecule has 0 aromatic heterocycles. The first-order valence-electron chi connectivity index (χ1n) is 10.3. The summed E-state index contributed by atoms with van der Waals surface area (Å²) in [5.41, 5.74) is 4.66. The summed E-state index contributed by atoms with van der Waals surface area (Å²) in [5.74, 6) is 0.00865. The van der Waals surface area contributed by atoms with Crippen LogP contribution in [0.1, 0.15) is 31.9 Å². The second-order valence-corrected chi connectivity index (χ2v) is 9.94. The maximum Gasteiger partial charge on any atom is 0.266 e. The minimum atomic E-state index is 0.00865. The van der Waals surface area contributed by atoms with Crippen LogP contribution in [0.15, 0.2) is 75.0 Å². The summed E-state index contributed by atoms with van der Waals surface area (Å²) in [5, 5.41) is 1.17. The van der Waals surface area contributed by atoms with E-state index in [0.717, 1.165) is 12.1 Å². The first kappa shape index (κ1) is 21.9. The molecule has 0 N–H and O–H groups in total. The van der Waals surface area contributed by atoms with E-state index >= 15 is 0 Å². The van der Waals surface area contributed by atoms with Crippen LogP contribution in [0.3, 0.4) is 0 Å². The van der Waals surface area contributed by atoms with Gasteiger partial charge >= 0.3 is 0 Å². The molecule has 1 fully saturated rings. The number of carbonyl (C=O) groups is 1. The predicted octanol–water partition coefficient (Wildman–Crippen LogP) is 6.78. The first-order valence-corrected chi connectivity index (χ1v) is 12.3. The van der Waals surface area contributed by atoms with Crippen molar-refractivity contribution in [1.29, 1.82) is 0 Å². The van der Waals surface area contributed by atoms with E-state index in [1.807, 2.05) is 31.2 Å². The van der Waals surface area contributed by atoms with E-state index in [0.29, 0.717) is 15.8 Å². The van der Waals surface area contributed by atoms with Gasteiger partial charge in [0.25, 0.3) is 5.91 Å². The Morgan fingerprint density at radius 3 is 2.35 bits per heavy atom. The fraction of sp³-hybridized carbons (Fsp3) is 0.200. The predicted molar refractivity (Wildman–Crippen MR) is 139 cm³/mol. The molecule has 3 nitrogen and oxygen atoms in total. The van der Waals surface area contributed by atoms with Crippen LogP contribution >= 0.6 is 35.7 Å². The third-order valence-electron chi connectivity index (χ3n) is 5.19. The van der Waals surface area contributed by atoms with Gasteiger partial charge in [0.1, 0.15) is 4.32 Å². The molecule has 0 saturated carbocycles. The SMILES string of the molecule is CCN1C(=O)C(=CC(C)=C2Sc3cc(C=Cc4ccccc4)ccc3N2CC)SC1=S. The van der Waals surface area contributed by atoms with Crippen molar-refractivity contribution in [1.82, 2.24) is 4.90 Å². The summed E-state index contributed by atoms with van der Waals surface area (Å²) in [4.78, 5) is 18.5. The highest BCUT2D eigenvalue weighted by Crippen LogP contribution is 2.48. The van der Waals surface area contributed by atoms with Gasteiger partial charge in [-0.1, -0.05) is 84.3 Å². The topological polar surface area (TPSA) is 23.6 Å². The number of allylic oxidation sites excluding steroid dienone is 2. The third-order valence-corrected chi connectivity index (χ3v) is 7.85. The zero-order chi connectivity index (χ0) is 22.0. The van der Waals surface area contributed by atoms with E-state index in [1.54, 1.807) is 16.7 Å². The molecule has 6 heteroatoms. The molecule has 31 heavy (non-hydrogen) atoms. The van der Waals surface area contributed by atoms with E-state index < -0.39 is 0 Å². The van der Waals surface area contributed by atoms with E-state index in [2.05, 4.69) is 61.2 Å². The van der Waals surface area contributed by atoms with Crippen molar-refractivity contribution in [2.45, 2.75) is 25.7 Å². The summed E-state index contributed by atoms with van der Waals surface area (Å²) in [7, 11) is 0. The molecular formula is C25H24N2OS3. The van der Waals surface area contributed by atoms with Crippen molar-refractivity contribution >= 4 is 63.8 Å². The number of hydrogen-bond donors (Lipinski definition) is 0. The lowest BCUT2D eigenvalue weighted by Gasteiger charge is -2.19. The van der Waals surface area contributed by atoms with Crippen LogP contribution in [0.2, 0.25) is 0 Å². The molecule has 158 valence electrons. The van der Waals surface area contributed by atoms with E-state index in [4.69, 9.17) is 12.2 Å². The van der Waals surface area contributed by atoms with Crippen molar-refractivity contribution in [2.24, 2.45) is 0 Å². The van der Waals surface area contributed by atoms with Crippen LogP contribution in [0.5, 0.6) is 0 Å². The van der Waals surface area contributed by atoms with Crippen molar-refractivity contribution in [3.05, 3.63) is 81.2 Å². The van der Waals surface area contributed by atoms with Crippen molar-refractivity contribution in [3.8, 4) is 0 Å². The highest BCUT2D eigenvalue weighted by atomic mass is 32.2. The molecule has 1 saturated heterocycles. The summed E-state index contributed by atoms with van der Waals surface area (Å²) >= 11 is 8.50. The molecule has 0 spiro atoms. The van der Waals surface area contributed by atoms with Gasteiger partial charge in [-0.05, 0) is 55.7 Å². The molecule has 0 atom stereocenters. The van der Waals surface area contributed by atoms with Gasteiger partial charge < -0.3 is 4.90 Å². The van der Waals surface area contributed by atoms with E-state index in [1.165, 1.54) is 38.5 Å². The maximum absolute atomic E-state index is 12.6. The molecule has 2 heterocycles. The number of hydrogen-bond acceptors (Lipinski definition) is 5. The molecule has 4 rings (SSSR count). The van der Waals surface area contributed by atoms with Crippen LogP contribution in [0.4, 0.5) is 5.69 Å². The largest absolute Gasteiger partial charge is 0.335 e. The summed E-state index contributed by atoms with van der Waals surface area (Å²) in [6.07, 6.45) is 6.27. The molecule has 0 aliphatic carbocycles. The minimum absolute atomic E-state index is 0.00865. The van der Waals surface area contributed by atoms with Gasteiger partial charge in [-0.2, -0.15) is 0 Å². The quantitative estimate of drug-likeness (QED) is 0.276. The highest BCUT2D eigenvalue weighted by molar-refractivity contribution is 8.26. The average molecular weight is 465 g/mol. The van der Waals surface area contributed by atoms with Gasteiger partial charge in [-0.3, -0.25) is 9.69 Å². The number of carbonyl (C=O) groups excluding carboxylic acids is 1. The Balaban J connectivity index is 1.61. The Morgan fingerprint density at radius 1 is 0.968 bits per heavy atom. The average Bonchev–Trinajstić information content (AvgIpc) is 3.28. The second kappa shape index (κ2) is 9.47. The second-order valence-electron chi connectivity index (χ2n) is 7.23. The molecular weight excluding hydrogens is 440 g/mol. The van der Waals surface area contributed by atoms with Gasteiger partial charge in [-0.15, -0.1) is 0 Å². The zero-order valence-electron chi connectivity index (χ0n) is 17.8. The number of thiocarbonyl (C=S) groups is 1. The molecule has 2 aromatic carbocycles. The van der Waals surface area contributed by atoms with Gasteiger partial charge in [0.15, 0.2) is 0 Å². The summed E-state index contributed by atoms with van der Waals surface area (Å²) < 4.78 is 0.640. The van der Waals surface area contributed by atoms with Gasteiger partial charge in [0.2, 0.25) is 0 Å². The minimum Gasteiger partial charge on any atom is -0.335 e. The first-order chi connectivity index (χ1) is 15.0. The maximum atomic E-state index is 12.6. The highest BCUT2D eigenvalue weighted by Gasteiger charge is 2.31. The molecule has 1 amide bonds. The molecule has 0 unspecified atom stereocenters. The number of nitrogens with zero attached hydrogens (tertiary/aromatic N) is 2. The number of fused-ring (bicyclic) bond motifs is 1. The number of thioether (sulfide) groups is 2. The Kier molecular flexibility index (Phi) is 6.70. The molecule has 0 bridgehead atoms. The fourth-order valence-corrected chi connectivity index (χ4v) is 6.27.